The number of rotatable bonds is 5. The molecule has 0 unspecified atom stereocenters. The van der Waals surface area contributed by atoms with Gasteiger partial charge in [0.15, 0.2) is 0 Å². The molecule has 2 aromatic rings. The minimum Gasteiger partial charge on any atom is -0.493 e. The standard InChI is InChI=1S/C18H19NO/c1-14(2)17-5-3-4-6-18(17)20-12-11-15-7-9-16(13-19)10-8-15/h3-10,14H,11-12H2,1-2H3. The molecule has 0 N–H and O–H groups in total. The first-order valence-corrected chi connectivity index (χ1v) is 6.91. The van der Waals surface area contributed by atoms with E-state index in [-0.39, 0.29) is 0 Å². The molecule has 0 aliphatic rings. The molecule has 0 atom stereocenters. The van der Waals surface area contributed by atoms with Crippen LogP contribution in [0.15, 0.2) is 48.5 Å². The first-order chi connectivity index (χ1) is 9.70. The van der Waals surface area contributed by atoms with Crippen LogP contribution in [0, 0.1) is 11.3 Å². The van der Waals surface area contributed by atoms with Gasteiger partial charge in [-0.1, -0.05) is 44.2 Å². The summed E-state index contributed by atoms with van der Waals surface area (Å²) in [4.78, 5) is 0. The van der Waals surface area contributed by atoms with E-state index in [1.807, 2.05) is 42.5 Å². The number of nitrogens with zero attached hydrogens (tertiary/aromatic N) is 1. The third-order valence-corrected chi connectivity index (χ3v) is 3.27. The molecule has 0 saturated carbocycles. The van der Waals surface area contributed by atoms with Crippen molar-refractivity contribution in [2.45, 2.75) is 26.2 Å². The smallest absolute Gasteiger partial charge is 0.122 e. The van der Waals surface area contributed by atoms with Crippen LogP contribution in [0.1, 0.15) is 36.5 Å². The van der Waals surface area contributed by atoms with Crippen LogP contribution in [-0.4, -0.2) is 6.61 Å². The molecule has 102 valence electrons. The van der Waals surface area contributed by atoms with E-state index in [1.165, 1.54) is 11.1 Å². The topological polar surface area (TPSA) is 33.0 Å². The van der Waals surface area contributed by atoms with E-state index in [9.17, 15) is 0 Å². The molecule has 0 heterocycles. The van der Waals surface area contributed by atoms with Crippen LogP contribution in [0.4, 0.5) is 0 Å². The van der Waals surface area contributed by atoms with Crippen molar-refractivity contribution in [1.82, 2.24) is 0 Å². The van der Waals surface area contributed by atoms with Crippen molar-refractivity contribution >= 4 is 0 Å². The molecule has 20 heavy (non-hydrogen) atoms. The van der Waals surface area contributed by atoms with Crippen molar-refractivity contribution in [2.75, 3.05) is 6.61 Å². The van der Waals surface area contributed by atoms with Gasteiger partial charge in [0.1, 0.15) is 5.75 Å². The maximum atomic E-state index is 8.76. The zero-order valence-electron chi connectivity index (χ0n) is 12.0. The van der Waals surface area contributed by atoms with Crippen molar-refractivity contribution < 1.29 is 4.74 Å². The summed E-state index contributed by atoms with van der Waals surface area (Å²) in [5, 5.41) is 8.76. The zero-order chi connectivity index (χ0) is 14.4. The van der Waals surface area contributed by atoms with Gasteiger partial charge in [-0.25, -0.2) is 0 Å². The second-order valence-corrected chi connectivity index (χ2v) is 5.10. The third-order valence-electron chi connectivity index (χ3n) is 3.27. The fourth-order valence-corrected chi connectivity index (χ4v) is 2.11. The SMILES string of the molecule is CC(C)c1ccccc1OCCc1ccc(C#N)cc1. The summed E-state index contributed by atoms with van der Waals surface area (Å²) in [5.41, 5.74) is 3.12. The Morgan fingerprint density at radius 1 is 1.05 bits per heavy atom. The van der Waals surface area contributed by atoms with Crippen molar-refractivity contribution in [1.29, 1.82) is 5.26 Å². The lowest BCUT2D eigenvalue weighted by atomic mass is 10.0. The highest BCUT2D eigenvalue weighted by Crippen LogP contribution is 2.25. The Morgan fingerprint density at radius 3 is 2.40 bits per heavy atom. The number of hydrogen-bond donors (Lipinski definition) is 0. The van der Waals surface area contributed by atoms with Gasteiger partial charge < -0.3 is 4.74 Å². The van der Waals surface area contributed by atoms with E-state index in [0.717, 1.165) is 12.2 Å². The predicted molar refractivity (Wildman–Crippen MR) is 80.9 cm³/mol. The molecule has 2 aromatic carbocycles. The Bertz CT molecular complexity index is 594. The minimum absolute atomic E-state index is 0.459. The van der Waals surface area contributed by atoms with E-state index < -0.39 is 0 Å². The average molecular weight is 265 g/mol. The molecule has 0 aliphatic heterocycles. The van der Waals surface area contributed by atoms with Crippen molar-refractivity contribution in [3.05, 3.63) is 65.2 Å². The van der Waals surface area contributed by atoms with Crippen molar-refractivity contribution in [3.8, 4) is 11.8 Å². The van der Waals surface area contributed by atoms with Crippen LogP contribution in [-0.2, 0) is 6.42 Å². The summed E-state index contributed by atoms with van der Waals surface area (Å²) in [6.07, 6.45) is 0.845. The fourth-order valence-electron chi connectivity index (χ4n) is 2.11. The molecule has 0 saturated heterocycles. The minimum atomic E-state index is 0.459. The van der Waals surface area contributed by atoms with Crippen molar-refractivity contribution in [2.24, 2.45) is 0 Å². The highest BCUT2D eigenvalue weighted by atomic mass is 16.5. The normalized spacial score (nSPS) is 10.3. The lowest BCUT2D eigenvalue weighted by molar-refractivity contribution is 0.317. The number of ether oxygens (including phenoxy) is 1. The van der Waals surface area contributed by atoms with E-state index in [4.69, 9.17) is 10.00 Å². The van der Waals surface area contributed by atoms with Crippen LogP contribution in [0.5, 0.6) is 5.75 Å². The van der Waals surface area contributed by atoms with Gasteiger partial charge in [-0.05, 0) is 35.2 Å². The van der Waals surface area contributed by atoms with Gasteiger partial charge in [-0.2, -0.15) is 5.26 Å². The van der Waals surface area contributed by atoms with Crippen LogP contribution in [0.25, 0.3) is 0 Å². The highest BCUT2D eigenvalue weighted by molar-refractivity contribution is 5.36. The zero-order valence-corrected chi connectivity index (χ0v) is 12.0. The molecular weight excluding hydrogens is 246 g/mol. The fraction of sp³-hybridized carbons (Fsp3) is 0.278. The molecule has 0 amide bonds. The van der Waals surface area contributed by atoms with Crippen LogP contribution in [0.2, 0.25) is 0 Å². The van der Waals surface area contributed by atoms with Crippen LogP contribution in [0.3, 0.4) is 0 Å². The molecule has 0 fully saturated rings. The van der Waals surface area contributed by atoms with Gasteiger partial charge in [0, 0.05) is 6.42 Å². The maximum absolute atomic E-state index is 8.76. The van der Waals surface area contributed by atoms with Crippen LogP contribution >= 0.6 is 0 Å². The van der Waals surface area contributed by atoms with Gasteiger partial charge in [-0.3, -0.25) is 0 Å². The summed E-state index contributed by atoms with van der Waals surface area (Å²) < 4.78 is 5.89. The van der Waals surface area contributed by atoms with Gasteiger partial charge in [0.25, 0.3) is 0 Å². The molecule has 2 nitrogen and oxygen atoms in total. The highest BCUT2D eigenvalue weighted by Gasteiger charge is 2.06. The second kappa shape index (κ2) is 6.77. The Kier molecular flexibility index (Phi) is 4.79. The van der Waals surface area contributed by atoms with Gasteiger partial charge >= 0.3 is 0 Å². The quantitative estimate of drug-likeness (QED) is 0.807. The van der Waals surface area contributed by atoms with Crippen LogP contribution < -0.4 is 4.74 Å². The monoisotopic (exact) mass is 265 g/mol. The summed E-state index contributed by atoms with van der Waals surface area (Å²) in [5.74, 6) is 1.43. The second-order valence-electron chi connectivity index (χ2n) is 5.10. The van der Waals surface area contributed by atoms with Crippen molar-refractivity contribution in [3.63, 3.8) is 0 Å². The molecule has 2 rings (SSSR count). The average Bonchev–Trinajstić information content (AvgIpc) is 2.48. The van der Waals surface area contributed by atoms with Gasteiger partial charge in [0.2, 0.25) is 0 Å². The molecule has 0 spiro atoms. The molecule has 0 radical (unpaired) electrons. The van der Waals surface area contributed by atoms with E-state index in [2.05, 4.69) is 26.0 Å². The van der Waals surface area contributed by atoms with E-state index in [1.54, 1.807) is 0 Å². The summed E-state index contributed by atoms with van der Waals surface area (Å²) in [7, 11) is 0. The largest absolute Gasteiger partial charge is 0.493 e. The lowest BCUT2D eigenvalue weighted by Gasteiger charge is -2.13. The molecule has 2 heteroatoms. The first-order valence-electron chi connectivity index (χ1n) is 6.91. The summed E-state index contributed by atoms with van der Waals surface area (Å²) >= 11 is 0. The molecular formula is C18H19NO. The Labute approximate surface area is 120 Å². The van der Waals surface area contributed by atoms with E-state index >= 15 is 0 Å². The Balaban J connectivity index is 1.94. The summed E-state index contributed by atoms with van der Waals surface area (Å²) in [6.45, 7) is 4.99. The predicted octanol–water partition coefficient (Wildman–Crippen LogP) is 4.30. The van der Waals surface area contributed by atoms with E-state index in [0.29, 0.717) is 18.1 Å². The number of benzene rings is 2. The Morgan fingerprint density at radius 2 is 1.75 bits per heavy atom. The molecule has 0 bridgehead atoms. The number of para-hydroxylation sites is 1. The lowest BCUT2D eigenvalue weighted by Crippen LogP contribution is -2.04. The molecule has 0 aliphatic carbocycles. The van der Waals surface area contributed by atoms with Gasteiger partial charge in [0.05, 0.1) is 18.2 Å². The number of nitriles is 1. The Hall–Kier alpha value is -2.27. The molecule has 0 aromatic heterocycles. The maximum Gasteiger partial charge on any atom is 0.122 e. The number of hydrogen-bond acceptors (Lipinski definition) is 2. The summed E-state index contributed by atoms with van der Waals surface area (Å²) in [6, 6.07) is 18.0. The third kappa shape index (κ3) is 3.61. The van der Waals surface area contributed by atoms with Gasteiger partial charge in [-0.15, -0.1) is 0 Å². The first kappa shape index (κ1) is 14.1.